The van der Waals surface area contributed by atoms with Gasteiger partial charge in [-0.1, -0.05) is 36.4 Å². The molecule has 0 bridgehead atoms. The predicted molar refractivity (Wildman–Crippen MR) is 98.1 cm³/mol. The first kappa shape index (κ1) is 14.0. The number of hydrogen-bond acceptors (Lipinski definition) is 0. The Kier molecular flexibility index (Phi) is 2.94. The average molecular weight is 312 g/mol. The highest BCUT2D eigenvalue weighted by atomic mass is 14.9. The van der Waals surface area contributed by atoms with Crippen molar-refractivity contribution in [1.29, 1.82) is 0 Å². The minimum Gasteiger partial charge on any atom is -0.201 e. The highest BCUT2D eigenvalue weighted by molar-refractivity contribution is 5.84. The van der Waals surface area contributed by atoms with Crippen molar-refractivity contribution < 1.29 is 4.57 Å². The second-order valence-corrected chi connectivity index (χ2v) is 7.29. The Bertz CT molecular complexity index is 982. The van der Waals surface area contributed by atoms with Crippen molar-refractivity contribution in [1.82, 2.24) is 0 Å². The maximum atomic E-state index is 2.45. The van der Waals surface area contributed by atoms with E-state index in [-0.39, 0.29) is 0 Å². The van der Waals surface area contributed by atoms with Gasteiger partial charge < -0.3 is 0 Å². The molecule has 1 heteroatoms. The number of benzene rings is 2. The van der Waals surface area contributed by atoms with E-state index in [0.29, 0.717) is 0 Å². The summed E-state index contributed by atoms with van der Waals surface area (Å²) in [6.07, 6.45) is 7.19. The third-order valence-electron chi connectivity index (χ3n) is 5.80. The van der Waals surface area contributed by atoms with Crippen LogP contribution in [-0.2, 0) is 26.3 Å². The molecule has 0 aliphatic heterocycles. The van der Waals surface area contributed by atoms with Gasteiger partial charge in [-0.2, -0.15) is 0 Å². The minimum absolute atomic E-state index is 1.06. The van der Waals surface area contributed by atoms with Gasteiger partial charge in [0.1, 0.15) is 7.05 Å². The number of aromatic nitrogens is 1. The van der Waals surface area contributed by atoms with Gasteiger partial charge in [0.25, 0.3) is 0 Å². The molecule has 2 aliphatic rings. The van der Waals surface area contributed by atoms with E-state index in [1.807, 2.05) is 0 Å². The van der Waals surface area contributed by atoms with Gasteiger partial charge in [-0.25, -0.2) is 4.57 Å². The first-order valence-electron chi connectivity index (χ1n) is 8.95. The van der Waals surface area contributed by atoms with Crippen LogP contribution < -0.4 is 4.57 Å². The Morgan fingerprint density at radius 1 is 0.875 bits per heavy atom. The fourth-order valence-corrected chi connectivity index (χ4v) is 4.61. The summed E-state index contributed by atoms with van der Waals surface area (Å²) in [6.45, 7) is 2.26. The van der Waals surface area contributed by atoms with E-state index < -0.39 is 0 Å². The lowest BCUT2D eigenvalue weighted by Gasteiger charge is -2.12. The van der Waals surface area contributed by atoms with Crippen molar-refractivity contribution in [2.24, 2.45) is 7.05 Å². The van der Waals surface area contributed by atoms with Crippen LogP contribution in [-0.4, -0.2) is 0 Å². The van der Waals surface area contributed by atoms with Crippen LogP contribution in [0.5, 0.6) is 0 Å². The summed E-state index contributed by atoms with van der Waals surface area (Å²) in [6, 6.07) is 15.9. The standard InChI is InChI=1S/C23H22N/c1-15-10-11-20-19-9-4-3-6-17(19)12-21(20)23(15)22-13-16-7-5-8-18(16)14-24(22)2/h3-4,6,9-11,13-14H,5,7-8,12H2,1-2H3/q+1. The molecule has 118 valence electrons. The molecule has 0 saturated carbocycles. The summed E-state index contributed by atoms with van der Waals surface area (Å²) in [5.74, 6) is 0. The second kappa shape index (κ2) is 5.04. The minimum atomic E-state index is 1.06. The highest BCUT2D eigenvalue weighted by Gasteiger charge is 2.27. The molecule has 0 saturated heterocycles. The van der Waals surface area contributed by atoms with E-state index in [0.717, 1.165) is 6.42 Å². The molecule has 2 aromatic carbocycles. The second-order valence-electron chi connectivity index (χ2n) is 7.29. The van der Waals surface area contributed by atoms with E-state index in [1.54, 1.807) is 5.56 Å². The molecule has 1 heterocycles. The molecule has 0 N–H and O–H groups in total. The monoisotopic (exact) mass is 312 g/mol. The Hall–Kier alpha value is -2.41. The lowest BCUT2D eigenvalue weighted by molar-refractivity contribution is -0.660. The molecule has 0 unspecified atom stereocenters. The first-order valence-corrected chi connectivity index (χ1v) is 8.95. The van der Waals surface area contributed by atoms with Crippen LogP contribution in [0, 0.1) is 6.92 Å². The van der Waals surface area contributed by atoms with Crippen LogP contribution in [0.15, 0.2) is 48.7 Å². The smallest absolute Gasteiger partial charge is 0.201 e. The molecular formula is C23H22N+. The number of fused-ring (bicyclic) bond motifs is 4. The summed E-state index contributed by atoms with van der Waals surface area (Å²) in [5.41, 5.74) is 13.1. The topological polar surface area (TPSA) is 3.88 Å². The lowest BCUT2D eigenvalue weighted by Crippen LogP contribution is -2.32. The number of nitrogens with zero attached hydrogens (tertiary/aromatic N) is 1. The summed E-state index contributed by atoms with van der Waals surface area (Å²) in [5, 5.41) is 0. The van der Waals surface area contributed by atoms with Crippen molar-refractivity contribution in [2.75, 3.05) is 0 Å². The van der Waals surface area contributed by atoms with Crippen LogP contribution in [0.3, 0.4) is 0 Å². The zero-order chi connectivity index (χ0) is 16.3. The third-order valence-corrected chi connectivity index (χ3v) is 5.80. The lowest BCUT2D eigenvalue weighted by atomic mass is 9.93. The van der Waals surface area contributed by atoms with Crippen molar-refractivity contribution in [3.05, 3.63) is 76.5 Å². The molecular weight excluding hydrogens is 290 g/mol. The molecule has 0 atom stereocenters. The van der Waals surface area contributed by atoms with E-state index in [1.165, 1.54) is 63.9 Å². The molecule has 24 heavy (non-hydrogen) atoms. The Labute approximate surface area is 143 Å². The number of pyridine rings is 1. The molecule has 0 amide bonds. The van der Waals surface area contributed by atoms with Crippen LogP contribution in [0.2, 0.25) is 0 Å². The van der Waals surface area contributed by atoms with Gasteiger partial charge in [0.15, 0.2) is 6.20 Å². The molecule has 1 aromatic heterocycles. The van der Waals surface area contributed by atoms with E-state index in [2.05, 4.69) is 67.2 Å². The SMILES string of the molecule is Cc1ccc2c(c1-c1cc3c(c[n+]1C)CCC3)Cc1ccccc1-2. The van der Waals surface area contributed by atoms with Gasteiger partial charge in [0.2, 0.25) is 5.69 Å². The zero-order valence-electron chi connectivity index (χ0n) is 14.4. The van der Waals surface area contributed by atoms with Crippen LogP contribution in [0.4, 0.5) is 0 Å². The molecule has 0 fully saturated rings. The van der Waals surface area contributed by atoms with Crippen molar-refractivity contribution in [3.63, 3.8) is 0 Å². The van der Waals surface area contributed by atoms with Crippen molar-refractivity contribution in [3.8, 4) is 22.4 Å². The maximum Gasteiger partial charge on any atom is 0.213 e. The van der Waals surface area contributed by atoms with E-state index in [4.69, 9.17) is 0 Å². The van der Waals surface area contributed by atoms with Crippen LogP contribution in [0.25, 0.3) is 22.4 Å². The van der Waals surface area contributed by atoms with Gasteiger partial charge >= 0.3 is 0 Å². The summed E-state index contributed by atoms with van der Waals surface area (Å²) in [4.78, 5) is 0. The van der Waals surface area contributed by atoms with Gasteiger partial charge in [-0.15, -0.1) is 0 Å². The number of rotatable bonds is 1. The molecule has 1 nitrogen and oxygen atoms in total. The van der Waals surface area contributed by atoms with Gasteiger partial charge in [0.05, 0.1) is 5.56 Å². The molecule has 2 aliphatic carbocycles. The summed E-state index contributed by atoms with van der Waals surface area (Å²) < 4.78 is 2.34. The zero-order valence-corrected chi connectivity index (χ0v) is 14.4. The van der Waals surface area contributed by atoms with E-state index >= 15 is 0 Å². The van der Waals surface area contributed by atoms with E-state index in [9.17, 15) is 0 Å². The largest absolute Gasteiger partial charge is 0.213 e. The third kappa shape index (κ3) is 1.91. The highest BCUT2D eigenvalue weighted by Crippen LogP contribution is 2.42. The molecule has 0 radical (unpaired) electrons. The molecule has 3 aromatic rings. The van der Waals surface area contributed by atoms with Gasteiger partial charge in [-0.05, 0) is 66.0 Å². The average Bonchev–Trinajstić information content (AvgIpc) is 3.17. The van der Waals surface area contributed by atoms with Crippen molar-refractivity contribution in [2.45, 2.75) is 32.6 Å². The Balaban J connectivity index is 1.77. The predicted octanol–water partition coefficient (Wildman–Crippen LogP) is 4.55. The number of hydrogen-bond donors (Lipinski definition) is 0. The van der Waals surface area contributed by atoms with Gasteiger partial charge in [-0.3, -0.25) is 0 Å². The summed E-state index contributed by atoms with van der Waals surface area (Å²) in [7, 11) is 2.20. The molecule has 0 spiro atoms. The fourth-order valence-electron chi connectivity index (χ4n) is 4.61. The molecule has 5 rings (SSSR count). The maximum absolute atomic E-state index is 2.45. The quantitative estimate of drug-likeness (QED) is 0.454. The fraction of sp³-hybridized carbons (Fsp3) is 0.261. The van der Waals surface area contributed by atoms with Crippen molar-refractivity contribution >= 4 is 0 Å². The Morgan fingerprint density at radius 3 is 2.62 bits per heavy atom. The van der Waals surface area contributed by atoms with Crippen LogP contribution in [0.1, 0.15) is 34.2 Å². The van der Waals surface area contributed by atoms with Gasteiger partial charge in [0, 0.05) is 11.6 Å². The number of aryl methyl sites for hydroxylation is 4. The normalized spacial score (nSPS) is 14.4. The summed E-state index contributed by atoms with van der Waals surface area (Å²) >= 11 is 0. The van der Waals surface area contributed by atoms with Crippen LogP contribution >= 0.6 is 0 Å². The first-order chi connectivity index (χ1) is 11.7. The Morgan fingerprint density at radius 2 is 1.71 bits per heavy atom.